The van der Waals surface area contributed by atoms with Crippen molar-refractivity contribution in [3.05, 3.63) is 77.0 Å². The summed E-state index contributed by atoms with van der Waals surface area (Å²) in [5.74, 6) is 1.66. The Hall–Kier alpha value is -3.06. The minimum Gasteiger partial charge on any atom is -0.467 e. The van der Waals surface area contributed by atoms with Gasteiger partial charge in [-0.05, 0) is 44.9 Å². The average molecular weight is 424 g/mol. The third-order valence-corrected chi connectivity index (χ3v) is 5.03. The van der Waals surface area contributed by atoms with Gasteiger partial charge in [-0.2, -0.15) is 5.10 Å². The van der Waals surface area contributed by atoms with Crippen LogP contribution in [-0.2, 0) is 24.4 Å². The predicted octanol–water partition coefficient (Wildman–Crippen LogP) is 3.80. The van der Waals surface area contributed by atoms with Crippen LogP contribution in [0.1, 0.15) is 41.6 Å². The van der Waals surface area contributed by atoms with Crippen LogP contribution in [0.25, 0.3) is 0 Å². The van der Waals surface area contributed by atoms with E-state index >= 15 is 0 Å². The van der Waals surface area contributed by atoms with Gasteiger partial charge in [0.15, 0.2) is 5.96 Å². The summed E-state index contributed by atoms with van der Waals surface area (Å²) in [6.07, 6.45) is 2.55. The summed E-state index contributed by atoms with van der Waals surface area (Å²) in [4.78, 5) is 4.77. The fraction of sp³-hybridized carbons (Fsp3) is 0.417. The lowest BCUT2D eigenvalue weighted by atomic mass is 10.2. The first-order valence-corrected chi connectivity index (χ1v) is 10.9. The highest BCUT2D eigenvalue weighted by Crippen LogP contribution is 2.16. The van der Waals surface area contributed by atoms with E-state index in [-0.39, 0.29) is 0 Å². The van der Waals surface area contributed by atoms with Gasteiger partial charge in [0.1, 0.15) is 12.4 Å². The van der Waals surface area contributed by atoms with Crippen molar-refractivity contribution in [3.63, 3.8) is 0 Å². The minimum atomic E-state index is 0.507. The molecule has 0 saturated heterocycles. The van der Waals surface area contributed by atoms with Crippen LogP contribution in [0.3, 0.4) is 0 Å². The fourth-order valence-electron chi connectivity index (χ4n) is 3.32. The Bertz CT molecular complexity index is 933. The number of nitrogens with one attached hydrogen (secondary N) is 2. The lowest BCUT2D eigenvalue weighted by Crippen LogP contribution is -2.38. The zero-order valence-corrected chi connectivity index (χ0v) is 18.7. The molecular formula is C24H33N5O2. The molecule has 3 aromatic rings. The minimum absolute atomic E-state index is 0.507. The highest BCUT2D eigenvalue weighted by atomic mass is 16.5. The van der Waals surface area contributed by atoms with Crippen LogP contribution in [0.15, 0.2) is 58.1 Å². The number of ether oxygens (including phenoxy) is 1. The van der Waals surface area contributed by atoms with Crippen molar-refractivity contribution < 1.29 is 9.15 Å². The summed E-state index contributed by atoms with van der Waals surface area (Å²) in [7, 11) is 0. The summed E-state index contributed by atoms with van der Waals surface area (Å²) >= 11 is 0. The summed E-state index contributed by atoms with van der Waals surface area (Å²) in [5.41, 5.74) is 4.61. The predicted molar refractivity (Wildman–Crippen MR) is 123 cm³/mol. The van der Waals surface area contributed by atoms with Gasteiger partial charge in [0.2, 0.25) is 0 Å². The Balaban J connectivity index is 1.50. The molecule has 0 unspecified atom stereocenters. The van der Waals surface area contributed by atoms with Crippen LogP contribution in [-0.4, -0.2) is 35.4 Å². The number of hydrogen-bond acceptors (Lipinski definition) is 4. The number of rotatable bonds is 11. The number of benzene rings is 1. The SMILES string of the molecule is CCNC(=NCc1c(C)nn(Cc2ccccc2)c1C)NCCCOCc1ccco1. The van der Waals surface area contributed by atoms with Crippen LogP contribution in [0.5, 0.6) is 0 Å². The molecule has 2 heterocycles. The smallest absolute Gasteiger partial charge is 0.191 e. The molecule has 7 heteroatoms. The number of nitrogens with zero attached hydrogens (tertiary/aromatic N) is 3. The fourth-order valence-corrected chi connectivity index (χ4v) is 3.32. The quantitative estimate of drug-likeness (QED) is 0.279. The third-order valence-electron chi connectivity index (χ3n) is 5.03. The Kier molecular flexibility index (Phi) is 8.72. The molecule has 0 spiro atoms. The topological polar surface area (TPSA) is 76.6 Å². The van der Waals surface area contributed by atoms with E-state index in [4.69, 9.17) is 19.2 Å². The molecule has 0 saturated carbocycles. The third kappa shape index (κ3) is 7.00. The maximum absolute atomic E-state index is 5.63. The van der Waals surface area contributed by atoms with Crippen molar-refractivity contribution in [2.75, 3.05) is 19.7 Å². The van der Waals surface area contributed by atoms with Crippen molar-refractivity contribution in [3.8, 4) is 0 Å². The van der Waals surface area contributed by atoms with Crippen molar-refractivity contribution in [1.82, 2.24) is 20.4 Å². The first kappa shape index (κ1) is 22.6. The van der Waals surface area contributed by atoms with Crippen LogP contribution in [0.2, 0.25) is 0 Å². The summed E-state index contributed by atoms with van der Waals surface area (Å²) in [6, 6.07) is 14.2. The number of aromatic nitrogens is 2. The van der Waals surface area contributed by atoms with E-state index in [2.05, 4.69) is 60.4 Å². The molecule has 0 aliphatic carbocycles. The second-order valence-electron chi connectivity index (χ2n) is 7.40. The Morgan fingerprint density at radius 1 is 1.13 bits per heavy atom. The molecule has 0 aliphatic rings. The lowest BCUT2D eigenvalue weighted by Gasteiger charge is -2.11. The van der Waals surface area contributed by atoms with Crippen LogP contribution in [0, 0.1) is 13.8 Å². The van der Waals surface area contributed by atoms with Crippen molar-refractivity contribution >= 4 is 5.96 Å². The molecule has 7 nitrogen and oxygen atoms in total. The Morgan fingerprint density at radius 3 is 2.71 bits per heavy atom. The molecule has 0 fully saturated rings. The standard InChI is InChI=1S/C24H33N5O2/c1-4-25-24(26-13-9-14-30-18-22-12-8-15-31-22)27-16-23-19(2)28-29(20(23)3)17-21-10-6-5-7-11-21/h5-8,10-12,15H,4,9,13-14,16-18H2,1-3H3,(H2,25,26,27). The molecule has 31 heavy (non-hydrogen) atoms. The molecule has 0 amide bonds. The zero-order valence-electron chi connectivity index (χ0n) is 18.7. The second kappa shape index (κ2) is 12.0. The molecule has 0 bridgehead atoms. The van der Waals surface area contributed by atoms with Crippen LogP contribution >= 0.6 is 0 Å². The van der Waals surface area contributed by atoms with E-state index in [1.165, 1.54) is 11.1 Å². The van der Waals surface area contributed by atoms with Crippen molar-refractivity contribution in [2.24, 2.45) is 4.99 Å². The lowest BCUT2D eigenvalue weighted by molar-refractivity contribution is 0.105. The van der Waals surface area contributed by atoms with Gasteiger partial charge in [0.25, 0.3) is 0 Å². The van der Waals surface area contributed by atoms with Gasteiger partial charge in [0, 0.05) is 31.0 Å². The highest BCUT2D eigenvalue weighted by Gasteiger charge is 2.12. The second-order valence-corrected chi connectivity index (χ2v) is 7.40. The van der Waals surface area contributed by atoms with Gasteiger partial charge in [-0.1, -0.05) is 30.3 Å². The molecule has 2 aromatic heterocycles. The Labute approximate surface area is 184 Å². The summed E-state index contributed by atoms with van der Waals surface area (Å²) < 4.78 is 13.0. The van der Waals surface area contributed by atoms with E-state index in [9.17, 15) is 0 Å². The largest absolute Gasteiger partial charge is 0.467 e. The first-order chi connectivity index (χ1) is 15.2. The van der Waals surface area contributed by atoms with Gasteiger partial charge < -0.3 is 19.8 Å². The molecule has 0 aliphatic heterocycles. The van der Waals surface area contributed by atoms with Crippen molar-refractivity contribution in [1.29, 1.82) is 0 Å². The normalized spacial score (nSPS) is 11.6. The van der Waals surface area contributed by atoms with Gasteiger partial charge in [0.05, 0.1) is 25.0 Å². The van der Waals surface area contributed by atoms with E-state index in [0.717, 1.165) is 49.2 Å². The maximum Gasteiger partial charge on any atom is 0.191 e. The van der Waals surface area contributed by atoms with Crippen LogP contribution in [0.4, 0.5) is 0 Å². The van der Waals surface area contributed by atoms with Gasteiger partial charge in [-0.25, -0.2) is 4.99 Å². The molecule has 2 N–H and O–H groups in total. The van der Waals surface area contributed by atoms with Gasteiger partial charge in [-0.3, -0.25) is 4.68 Å². The van der Waals surface area contributed by atoms with Gasteiger partial charge in [-0.15, -0.1) is 0 Å². The van der Waals surface area contributed by atoms with E-state index < -0.39 is 0 Å². The van der Waals surface area contributed by atoms with Gasteiger partial charge >= 0.3 is 0 Å². The highest BCUT2D eigenvalue weighted by molar-refractivity contribution is 5.79. The number of aryl methyl sites for hydroxylation is 1. The monoisotopic (exact) mass is 423 g/mol. The molecule has 3 rings (SSSR count). The maximum atomic E-state index is 5.63. The zero-order chi connectivity index (χ0) is 21.9. The summed E-state index contributed by atoms with van der Waals surface area (Å²) in [5, 5.41) is 11.4. The van der Waals surface area contributed by atoms with Crippen LogP contribution < -0.4 is 10.6 Å². The summed E-state index contributed by atoms with van der Waals surface area (Å²) in [6.45, 7) is 10.4. The average Bonchev–Trinajstić information content (AvgIpc) is 3.38. The molecule has 0 atom stereocenters. The number of furan rings is 1. The molecule has 166 valence electrons. The van der Waals surface area contributed by atoms with E-state index in [1.807, 2.05) is 18.2 Å². The Morgan fingerprint density at radius 2 is 1.97 bits per heavy atom. The van der Waals surface area contributed by atoms with E-state index in [1.54, 1.807) is 6.26 Å². The number of guanidine groups is 1. The first-order valence-electron chi connectivity index (χ1n) is 10.9. The number of hydrogen-bond donors (Lipinski definition) is 2. The molecular weight excluding hydrogens is 390 g/mol. The van der Waals surface area contributed by atoms with E-state index in [0.29, 0.717) is 19.8 Å². The van der Waals surface area contributed by atoms with Crippen molar-refractivity contribution in [2.45, 2.75) is 46.9 Å². The molecule has 0 radical (unpaired) electrons. The number of aliphatic imine (C=N–C) groups is 1. The molecule has 1 aromatic carbocycles.